The molecule has 4 aromatic rings. The van der Waals surface area contributed by atoms with Crippen LogP contribution in [0, 0.1) is 0 Å². The van der Waals surface area contributed by atoms with E-state index in [2.05, 4.69) is 14.7 Å². The zero-order chi connectivity index (χ0) is 21.1. The molecule has 8 heteroatoms. The fourth-order valence-electron chi connectivity index (χ4n) is 3.09. The van der Waals surface area contributed by atoms with Gasteiger partial charge in [-0.25, -0.2) is 13.4 Å². The molecule has 30 heavy (non-hydrogen) atoms. The smallest absolute Gasteiger partial charge is 0.261 e. The molecule has 152 valence electrons. The normalized spacial score (nSPS) is 11.4. The lowest BCUT2D eigenvalue weighted by molar-refractivity contribution is 0.0782. The molecule has 0 spiro atoms. The Hall–Kier alpha value is -3.65. The van der Waals surface area contributed by atoms with Gasteiger partial charge >= 0.3 is 0 Å². The summed E-state index contributed by atoms with van der Waals surface area (Å²) >= 11 is 0. The molecule has 1 amide bonds. The molecular formula is C22H20N4O3S. The average molecular weight is 420 g/mol. The molecule has 1 heterocycles. The first-order chi connectivity index (χ1) is 14.4. The number of nitrogens with zero attached hydrogens (tertiary/aromatic N) is 2. The monoisotopic (exact) mass is 420 g/mol. The predicted molar refractivity (Wildman–Crippen MR) is 116 cm³/mol. The van der Waals surface area contributed by atoms with Crippen LogP contribution in [-0.2, 0) is 16.6 Å². The first-order valence-corrected chi connectivity index (χ1v) is 10.8. The minimum atomic E-state index is -3.67. The first kappa shape index (κ1) is 19.7. The Bertz CT molecular complexity index is 1250. The number of imidazole rings is 1. The van der Waals surface area contributed by atoms with E-state index in [1.807, 2.05) is 24.3 Å². The molecule has 0 saturated carbocycles. The minimum absolute atomic E-state index is 0.177. The van der Waals surface area contributed by atoms with Crippen molar-refractivity contribution >= 4 is 32.7 Å². The molecule has 2 N–H and O–H groups in total. The van der Waals surface area contributed by atoms with Crippen LogP contribution in [0.2, 0.25) is 0 Å². The van der Waals surface area contributed by atoms with Gasteiger partial charge in [0, 0.05) is 18.3 Å². The van der Waals surface area contributed by atoms with Gasteiger partial charge in [-0.15, -0.1) is 0 Å². The maximum atomic E-state index is 12.7. The van der Waals surface area contributed by atoms with Gasteiger partial charge in [0.1, 0.15) is 5.82 Å². The fourth-order valence-corrected chi connectivity index (χ4v) is 4.17. The molecule has 0 aliphatic rings. The molecule has 0 radical (unpaired) electrons. The van der Waals surface area contributed by atoms with Gasteiger partial charge in [0.2, 0.25) is 0 Å². The van der Waals surface area contributed by atoms with Crippen LogP contribution in [0.3, 0.4) is 0 Å². The number of carbonyl (C=O) groups is 1. The fraction of sp³-hybridized carbons (Fsp3) is 0.0909. The summed E-state index contributed by atoms with van der Waals surface area (Å²) in [5, 5.41) is 0. The third kappa shape index (κ3) is 4.18. The van der Waals surface area contributed by atoms with E-state index >= 15 is 0 Å². The van der Waals surface area contributed by atoms with Crippen LogP contribution < -0.4 is 4.72 Å². The average Bonchev–Trinajstić information content (AvgIpc) is 3.16. The Labute approximate surface area is 174 Å². The Morgan fingerprint density at radius 3 is 2.33 bits per heavy atom. The number of para-hydroxylation sites is 2. The van der Waals surface area contributed by atoms with E-state index in [0.717, 1.165) is 11.0 Å². The highest BCUT2D eigenvalue weighted by Crippen LogP contribution is 2.18. The molecule has 3 aromatic carbocycles. The van der Waals surface area contributed by atoms with Crippen LogP contribution in [0.25, 0.3) is 11.0 Å². The minimum Gasteiger partial charge on any atom is -0.340 e. The number of sulfonamides is 1. The molecule has 0 atom stereocenters. The van der Waals surface area contributed by atoms with Crippen molar-refractivity contribution in [3.05, 3.63) is 90.3 Å². The summed E-state index contributed by atoms with van der Waals surface area (Å²) in [5.41, 5.74) is 2.61. The molecule has 0 aliphatic carbocycles. The van der Waals surface area contributed by atoms with Crippen molar-refractivity contribution in [3.63, 3.8) is 0 Å². The number of H-pyrrole nitrogens is 1. The van der Waals surface area contributed by atoms with Gasteiger partial charge in [0.15, 0.2) is 0 Å². The Morgan fingerprint density at radius 1 is 0.967 bits per heavy atom. The van der Waals surface area contributed by atoms with Crippen LogP contribution in [0.1, 0.15) is 16.2 Å². The number of hydrogen-bond donors (Lipinski definition) is 2. The van der Waals surface area contributed by atoms with Crippen LogP contribution in [-0.4, -0.2) is 36.2 Å². The molecule has 0 fully saturated rings. The van der Waals surface area contributed by atoms with Crippen molar-refractivity contribution in [1.82, 2.24) is 14.9 Å². The van der Waals surface area contributed by atoms with Gasteiger partial charge in [-0.2, -0.15) is 0 Å². The molecular weight excluding hydrogens is 400 g/mol. The predicted octanol–water partition coefficient (Wildman–Crippen LogP) is 3.64. The Kier molecular flexibility index (Phi) is 5.24. The van der Waals surface area contributed by atoms with E-state index < -0.39 is 10.0 Å². The highest BCUT2D eigenvalue weighted by atomic mass is 32.2. The van der Waals surface area contributed by atoms with E-state index in [0.29, 0.717) is 23.6 Å². The number of carbonyl (C=O) groups excluding carboxylic acids is 1. The number of aromatic amines is 1. The molecule has 0 unspecified atom stereocenters. The molecule has 1 aromatic heterocycles. The van der Waals surface area contributed by atoms with Gasteiger partial charge < -0.3 is 9.88 Å². The van der Waals surface area contributed by atoms with Crippen molar-refractivity contribution < 1.29 is 13.2 Å². The van der Waals surface area contributed by atoms with Crippen molar-refractivity contribution in [3.8, 4) is 0 Å². The summed E-state index contributed by atoms with van der Waals surface area (Å²) in [6.45, 7) is 0.329. The zero-order valence-corrected chi connectivity index (χ0v) is 17.1. The lowest BCUT2D eigenvalue weighted by Crippen LogP contribution is -2.26. The maximum Gasteiger partial charge on any atom is 0.261 e. The molecule has 4 rings (SSSR count). The molecule has 0 aliphatic heterocycles. The summed E-state index contributed by atoms with van der Waals surface area (Å²) in [5.74, 6) is 0.507. The Morgan fingerprint density at radius 2 is 1.63 bits per heavy atom. The number of nitrogens with one attached hydrogen (secondary N) is 2. The highest BCUT2D eigenvalue weighted by molar-refractivity contribution is 7.92. The van der Waals surface area contributed by atoms with E-state index in [1.54, 1.807) is 54.4 Å². The zero-order valence-electron chi connectivity index (χ0n) is 16.2. The quantitative estimate of drug-likeness (QED) is 0.498. The van der Waals surface area contributed by atoms with Gasteiger partial charge in [-0.05, 0) is 48.5 Å². The first-order valence-electron chi connectivity index (χ1n) is 9.29. The standard InChI is InChI=1S/C22H20N4O3S/c1-26(15-21-23-19-9-5-6-10-20(19)24-21)22(27)16-11-13-17(14-12-16)25-30(28,29)18-7-3-2-4-8-18/h2-14,25H,15H2,1H3,(H,23,24). The summed E-state index contributed by atoms with van der Waals surface area (Å²) in [4.78, 5) is 22.1. The highest BCUT2D eigenvalue weighted by Gasteiger charge is 2.16. The topological polar surface area (TPSA) is 95.2 Å². The van der Waals surface area contributed by atoms with Gasteiger partial charge in [0.05, 0.1) is 22.5 Å². The van der Waals surface area contributed by atoms with Crippen molar-refractivity contribution in [2.45, 2.75) is 11.4 Å². The van der Waals surface area contributed by atoms with Gasteiger partial charge in [-0.3, -0.25) is 9.52 Å². The number of fused-ring (bicyclic) bond motifs is 1. The van der Waals surface area contributed by atoms with Crippen molar-refractivity contribution in [2.24, 2.45) is 0 Å². The number of hydrogen-bond acceptors (Lipinski definition) is 4. The van der Waals surface area contributed by atoms with Crippen LogP contribution in [0.15, 0.2) is 83.8 Å². The third-order valence-corrected chi connectivity index (χ3v) is 6.01. The summed E-state index contributed by atoms with van der Waals surface area (Å²) in [6, 6.07) is 22.1. The second kappa shape index (κ2) is 8.00. The lowest BCUT2D eigenvalue weighted by Gasteiger charge is -2.16. The van der Waals surface area contributed by atoms with Gasteiger partial charge in [0.25, 0.3) is 15.9 Å². The Balaban J connectivity index is 1.44. The number of benzene rings is 3. The summed E-state index contributed by atoms with van der Waals surface area (Å²) < 4.78 is 27.3. The summed E-state index contributed by atoms with van der Waals surface area (Å²) in [6.07, 6.45) is 0. The molecule has 7 nitrogen and oxygen atoms in total. The second-order valence-electron chi connectivity index (χ2n) is 6.86. The number of amides is 1. The second-order valence-corrected chi connectivity index (χ2v) is 8.54. The number of anilines is 1. The van der Waals surface area contributed by atoms with E-state index in [-0.39, 0.29) is 10.8 Å². The van der Waals surface area contributed by atoms with Gasteiger partial charge in [-0.1, -0.05) is 30.3 Å². The number of rotatable bonds is 6. The van der Waals surface area contributed by atoms with Crippen LogP contribution in [0.5, 0.6) is 0 Å². The number of aromatic nitrogens is 2. The molecule has 0 saturated heterocycles. The van der Waals surface area contributed by atoms with E-state index in [1.165, 1.54) is 12.1 Å². The van der Waals surface area contributed by atoms with Crippen molar-refractivity contribution in [1.29, 1.82) is 0 Å². The maximum absolute atomic E-state index is 12.7. The third-order valence-electron chi connectivity index (χ3n) is 4.61. The molecule has 0 bridgehead atoms. The van der Waals surface area contributed by atoms with Crippen LogP contribution >= 0.6 is 0 Å². The van der Waals surface area contributed by atoms with E-state index in [9.17, 15) is 13.2 Å². The SMILES string of the molecule is CN(Cc1nc2ccccc2[nH]1)C(=O)c1ccc(NS(=O)(=O)c2ccccc2)cc1. The summed E-state index contributed by atoms with van der Waals surface area (Å²) in [7, 11) is -1.98. The largest absolute Gasteiger partial charge is 0.340 e. The van der Waals surface area contributed by atoms with Crippen molar-refractivity contribution in [2.75, 3.05) is 11.8 Å². The lowest BCUT2D eigenvalue weighted by atomic mass is 10.2. The van der Waals surface area contributed by atoms with Crippen LogP contribution in [0.4, 0.5) is 5.69 Å². The van der Waals surface area contributed by atoms with E-state index in [4.69, 9.17) is 0 Å².